The highest BCUT2D eigenvalue weighted by Gasteiger charge is 2.52. The Balaban J connectivity index is 1.66. The van der Waals surface area contributed by atoms with E-state index >= 15 is 0 Å². The second kappa shape index (κ2) is 5.57. The zero-order valence-electron chi connectivity index (χ0n) is 14.6. The lowest BCUT2D eigenvalue weighted by Gasteiger charge is -2.39. The van der Waals surface area contributed by atoms with Crippen LogP contribution in [0.2, 0.25) is 0 Å². The quantitative estimate of drug-likeness (QED) is 0.836. The second-order valence-corrected chi connectivity index (χ2v) is 9.94. The molecule has 3 heterocycles. The molecular formula is C16H28N4O2S. The number of nitrogens with zero attached hydrogens (tertiary/aromatic N) is 4. The van der Waals surface area contributed by atoms with Gasteiger partial charge in [0.25, 0.3) is 0 Å². The van der Waals surface area contributed by atoms with Gasteiger partial charge in [-0.25, -0.2) is 13.4 Å². The van der Waals surface area contributed by atoms with Crippen molar-refractivity contribution in [2.45, 2.75) is 45.2 Å². The Bertz CT molecular complexity index is 672. The zero-order chi connectivity index (χ0) is 16.9. The van der Waals surface area contributed by atoms with Gasteiger partial charge in [-0.15, -0.1) is 0 Å². The third-order valence-corrected chi connectivity index (χ3v) is 7.00. The molecule has 1 spiro atoms. The van der Waals surface area contributed by atoms with Gasteiger partial charge in [0.15, 0.2) is 0 Å². The van der Waals surface area contributed by atoms with Gasteiger partial charge in [0.1, 0.15) is 0 Å². The molecule has 1 aromatic heterocycles. The molecule has 130 valence electrons. The molecule has 0 bridgehead atoms. The molecule has 7 heteroatoms. The maximum atomic E-state index is 12.1. The van der Waals surface area contributed by atoms with Crippen LogP contribution < -0.4 is 0 Å². The third kappa shape index (κ3) is 3.32. The normalized spacial score (nSPS) is 25.2. The number of imidazole rings is 1. The minimum absolute atomic E-state index is 0.148. The Kier molecular flexibility index (Phi) is 4.09. The number of hydrogen-bond acceptors (Lipinski definition) is 4. The summed E-state index contributed by atoms with van der Waals surface area (Å²) in [6.07, 6.45) is 8.21. The highest BCUT2D eigenvalue weighted by atomic mass is 32.2. The zero-order valence-corrected chi connectivity index (χ0v) is 15.4. The predicted octanol–water partition coefficient (Wildman–Crippen LogP) is 1.45. The van der Waals surface area contributed by atoms with Gasteiger partial charge in [0.2, 0.25) is 10.0 Å². The first-order valence-electron chi connectivity index (χ1n) is 8.27. The van der Waals surface area contributed by atoms with Gasteiger partial charge in [-0.1, -0.05) is 0 Å². The van der Waals surface area contributed by atoms with Crippen LogP contribution in [0.5, 0.6) is 0 Å². The molecule has 0 atom stereocenters. The SMILES string of the molecule is Cn1cncc1CN1CCC2(CC1)CN(S(C)(=O)=O)C(C)(C)C2. The summed E-state index contributed by atoms with van der Waals surface area (Å²) < 4.78 is 28.0. The summed E-state index contributed by atoms with van der Waals surface area (Å²) in [5, 5.41) is 0. The van der Waals surface area contributed by atoms with E-state index in [-0.39, 0.29) is 11.0 Å². The molecular weight excluding hydrogens is 312 g/mol. The minimum Gasteiger partial charge on any atom is -0.337 e. The van der Waals surface area contributed by atoms with Crippen LogP contribution in [0.3, 0.4) is 0 Å². The maximum Gasteiger partial charge on any atom is 0.211 e. The smallest absolute Gasteiger partial charge is 0.211 e. The summed E-state index contributed by atoms with van der Waals surface area (Å²) in [7, 11) is -1.11. The van der Waals surface area contributed by atoms with E-state index in [1.165, 1.54) is 11.9 Å². The molecule has 2 aliphatic heterocycles. The van der Waals surface area contributed by atoms with Crippen LogP contribution in [0, 0.1) is 5.41 Å². The van der Waals surface area contributed by atoms with Crippen LogP contribution in [0.25, 0.3) is 0 Å². The third-order valence-electron chi connectivity index (χ3n) is 5.58. The Morgan fingerprint density at radius 1 is 1.26 bits per heavy atom. The van der Waals surface area contributed by atoms with Crippen molar-refractivity contribution in [2.24, 2.45) is 12.5 Å². The second-order valence-electron chi connectivity index (χ2n) is 8.03. The Morgan fingerprint density at radius 2 is 1.91 bits per heavy atom. The Morgan fingerprint density at radius 3 is 2.39 bits per heavy atom. The summed E-state index contributed by atoms with van der Waals surface area (Å²) in [6.45, 7) is 7.78. The molecule has 2 fully saturated rings. The molecule has 2 aliphatic rings. The van der Waals surface area contributed by atoms with Crippen molar-refractivity contribution < 1.29 is 8.42 Å². The van der Waals surface area contributed by atoms with Gasteiger partial charge >= 0.3 is 0 Å². The van der Waals surface area contributed by atoms with Crippen molar-refractivity contribution in [3.63, 3.8) is 0 Å². The number of rotatable bonds is 3. The van der Waals surface area contributed by atoms with Gasteiger partial charge in [0, 0.05) is 31.9 Å². The summed E-state index contributed by atoms with van der Waals surface area (Å²) in [5.41, 5.74) is 1.11. The van der Waals surface area contributed by atoms with Crippen molar-refractivity contribution >= 4 is 10.0 Å². The summed E-state index contributed by atoms with van der Waals surface area (Å²) >= 11 is 0. The largest absolute Gasteiger partial charge is 0.337 e. The van der Waals surface area contributed by atoms with E-state index in [9.17, 15) is 8.42 Å². The lowest BCUT2D eigenvalue weighted by molar-refractivity contribution is 0.105. The minimum atomic E-state index is -3.14. The number of piperidine rings is 1. The fourth-order valence-corrected chi connectivity index (χ4v) is 5.90. The molecule has 3 rings (SSSR count). The monoisotopic (exact) mass is 340 g/mol. The van der Waals surface area contributed by atoms with Crippen molar-refractivity contribution in [1.29, 1.82) is 0 Å². The lowest BCUT2D eigenvalue weighted by Crippen LogP contribution is -2.43. The summed E-state index contributed by atoms with van der Waals surface area (Å²) in [6, 6.07) is 0. The first kappa shape index (κ1) is 16.9. The van der Waals surface area contributed by atoms with E-state index in [2.05, 4.69) is 28.3 Å². The number of aryl methyl sites for hydroxylation is 1. The van der Waals surface area contributed by atoms with E-state index in [0.29, 0.717) is 6.54 Å². The molecule has 0 radical (unpaired) electrons. The predicted molar refractivity (Wildman–Crippen MR) is 90.4 cm³/mol. The lowest BCUT2D eigenvalue weighted by atomic mass is 9.74. The molecule has 1 aromatic rings. The fraction of sp³-hybridized carbons (Fsp3) is 0.812. The molecule has 6 nitrogen and oxygen atoms in total. The Labute approximate surface area is 139 Å². The van der Waals surface area contributed by atoms with E-state index in [0.717, 1.165) is 38.9 Å². The number of likely N-dealkylation sites (tertiary alicyclic amines) is 1. The van der Waals surface area contributed by atoms with Crippen molar-refractivity contribution in [3.8, 4) is 0 Å². The molecule has 0 aromatic carbocycles. The van der Waals surface area contributed by atoms with Crippen molar-refractivity contribution in [1.82, 2.24) is 18.8 Å². The average molecular weight is 340 g/mol. The molecule has 2 saturated heterocycles. The van der Waals surface area contributed by atoms with Crippen LogP contribution in [-0.2, 0) is 23.6 Å². The summed E-state index contributed by atoms with van der Waals surface area (Å²) in [4.78, 5) is 6.63. The van der Waals surface area contributed by atoms with E-state index < -0.39 is 10.0 Å². The highest BCUT2D eigenvalue weighted by molar-refractivity contribution is 7.88. The summed E-state index contributed by atoms with van der Waals surface area (Å²) in [5.74, 6) is 0. The van der Waals surface area contributed by atoms with Gasteiger partial charge in [-0.05, 0) is 51.6 Å². The van der Waals surface area contributed by atoms with Crippen molar-refractivity contribution in [2.75, 3.05) is 25.9 Å². The van der Waals surface area contributed by atoms with Gasteiger partial charge < -0.3 is 4.57 Å². The topological polar surface area (TPSA) is 58.4 Å². The van der Waals surface area contributed by atoms with Crippen LogP contribution in [0.4, 0.5) is 0 Å². The van der Waals surface area contributed by atoms with Crippen LogP contribution in [0.15, 0.2) is 12.5 Å². The number of sulfonamides is 1. The van der Waals surface area contributed by atoms with Gasteiger partial charge in [-0.2, -0.15) is 4.31 Å². The van der Waals surface area contributed by atoms with Crippen molar-refractivity contribution in [3.05, 3.63) is 18.2 Å². The van der Waals surface area contributed by atoms with Crippen LogP contribution in [-0.4, -0.2) is 58.6 Å². The van der Waals surface area contributed by atoms with Gasteiger partial charge in [-0.3, -0.25) is 4.90 Å². The fourth-order valence-electron chi connectivity index (χ4n) is 4.43. The molecule has 0 amide bonds. The first-order chi connectivity index (χ1) is 10.6. The molecule has 23 heavy (non-hydrogen) atoms. The van der Waals surface area contributed by atoms with Crippen LogP contribution in [0.1, 0.15) is 38.8 Å². The molecule has 0 N–H and O–H groups in total. The average Bonchev–Trinajstić information content (AvgIpc) is 2.94. The number of hydrogen-bond donors (Lipinski definition) is 0. The standard InChI is InChI=1S/C16H28N4O2S/c1-15(2)11-16(12-20(15)23(4,21)22)5-7-19(8-6-16)10-14-9-17-13-18(14)3/h9,13H,5-8,10-12H2,1-4H3. The van der Waals surface area contributed by atoms with Crippen LogP contribution >= 0.6 is 0 Å². The number of aromatic nitrogens is 2. The van der Waals surface area contributed by atoms with E-state index in [4.69, 9.17) is 0 Å². The molecule has 0 unspecified atom stereocenters. The van der Waals surface area contributed by atoms with E-state index in [1.54, 1.807) is 4.31 Å². The maximum absolute atomic E-state index is 12.1. The Hall–Kier alpha value is -0.920. The highest BCUT2D eigenvalue weighted by Crippen LogP contribution is 2.48. The molecule has 0 aliphatic carbocycles. The first-order valence-corrected chi connectivity index (χ1v) is 10.1. The van der Waals surface area contributed by atoms with E-state index in [1.807, 2.05) is 19.6 Å². The van der Waals surface area contributed by atoms with Gasteiger partial charge in [0.05, 0.1) is 18.3 Å². The molecule has 0 saturated carbocycles.